The molecule has 0 saturated carbocycles. The first kappa shape index (κ1) is 23.0. The molecule has 3 aromatic rings. The number of nitrogens with one attached hydrogen (secondary N) is 2. The summed E-state index contributed by atoms with van der Waals surface area (Å²) in [5.41, 5.74) is 1.36. The van der Waals surface area contributed by atoms with E-state index in [0.717, 1.165) is 18.2 Å². The standard InChI is InChI=1S/C21H24ClFIN6O2/c1-12(2)11-32-21(31)30-5-3-4-14(10-30)24-29-20-17(23)9-27-19(28-20)16-8-26-18-15(16)6-13(22)7-25-18/h6-9,12,14H,3-5,10-11H2,1-2H3,(H,25,26)(H,27,28,29)/q-1/t14-/m1/s1. The SMILES string of the molecule is CC(C)COC(=O)N1CCC[C@@H]([I-]Nc2nc(-c3c[nH]c4ncc(Cl)cc34)ncc2F)C1. The zero-order valence-corrected chi connectivity index (χ0v) is 20.7. The number of amides is 1. The van der Waals surface area contributed by atoms with Gasteiger partial charge in [-0.1, -0.05) is 0 Å². The third-order valence-electron chi connectivity index (χ3n) is 4.94. The van der Waals surface area contributed by atoms with E-state index in [2.05, 4.69) is 23.5 Å². The third kappa shape index (κ3) is 5.40. The quantitative estimate of drug-likeness (QED) is 0.264. The van der Waals surface area contributed by atoms with Crippen molar-refractivity contribution in [3.05, 3.63) is 35.5 Å². The molecule has 8 nitrogen and oxygen atoms in total. The Hall–Kier alpha value is -2.21. The number of hydrogen-bond acceptors (Lipinski definition) is 6. The van der Waals surface area contributed by atoms with E-state index in [4.69, 9.17) is 16.3 Å². The summed E-state index contributed by atoms with van der Waals surface area (Å²) in [6.07, 6.45) is 6.08. The van der Waals surface area contributed by atoms with Gasteiger partial charge >= 0.3 is 201 Å². The van der Waals surface area contributed by atoms with Crippen LogP contribution in [0.15, 0.2) is 24.7 Å². The van der Waals surface area contributed by atoms with Crippen molar-refractivity contribution in [2.75, 3.05) is 23.2 Å². The van der Waals surface area contributed by atoms with Gasteiger partial charge in [0.1, 0.15) is 0 Å². The number of hydrogen-bond donors (Lipinski definition) is 2. The van der Waals surface area contributed by atoms with E-state index in [-0.39, 0.29) is 15.8 Å². The number of alkyl halides is 1. The van der Waals surface area contributed by atoms with E-state index >= 15 is 0 Å². The number of rotatable bonds is 6. The van der Waals surface area contributed by atoms with Gasteiger partial charge in [-0.3, -0.25) is 0 Å². The Bertz CT molecular complexity index is 1110. The predicted molar refractivity (Wildman–Crippen MR) is 116 cm³/mol. The molecule has 1 fully saturated rings. The topological polar surface area (TPSA) is 96.0 Å². The average Bonchev–Trinajstić information content (AvgIpc) is 3.20. The summed E-state index contributed by atoms with van der Waals surface area (Å²) in [5.74, 6) is 0.350. The molecule has 2 N–H and O–H groups in total. The van der Waals surface area contributed by atoms with E-state index in [9.17, 15) is 9.18 Å². The van der Waals surface area contributed by atoms with Gasteiger partial charge in [0.2, 0.25) is 0 Å². The van der Waals surface area contributed by atoms with E-state index in [0.29, 0.717) is 47.7 Å². The molecular weight excluding hydrogens is 550 g/mol. The summed E-state index contributed by atoms with van der Waals surface area (Å²) in [4.78, 5) is 29.9. The molecule has 1 atom stereocenters. The predicted octanol–water partition coefficient (Wildman–Crippen LogP) is 1.49. The molecule has 4 heterocycles. The number of pyridine rings is 1. The number of carbonyl (C=O) groups is 1. The molecule has 11 heteroatoms. The van der Waals surface area contributed by atoms with E-state index < -0.39 is 27.3 Å². The van der Waals surface area contributed by atoms with Gasteiger partial charge in [0.25, 0.3) is 0 Å². The molecule has 172 valence electrons. The van der Waals surface area contributed by atoms with Gasteiger partial charge in [-0.25, -0.2) is 0 Å². The monoisotopic (exact) mass is 573 g/mol. The minimum absolute atomic E-state index is 0.173. The van der Waals surface area contributed by atoms with Gasteiger partial charge in [-0.05, 0) is 0 Å². The molecule has 3 aromatic heterocycles. The number of aromatic nitrogens is 4. The van der Waals surface area contributed by atoms with Crippen molar-refractivity contribution in [2.24, 2.45) is 5.92 Å². The molecule has 1 aliphatic rings. The van der Waals surface area contributed by atoms with Crippen molar-refractivity contribution in [3.8, 4) is 11.4 Å². The van der Waals surface area contributed by atoms with E-state index in [1.165, 1.54) is 6.20 Å². The maximum absolute atomic E-state index is 14.4. The van der Waals surface area contributed by atoms with Gasteiger partial charge < -0.3 is 0 Å². The molecule has 0 aliphatic carbocycles. The minimum atomic E-state index is -0.650. The van der Waals surface area contributed by atoms with Crippen LogP contribution in [0.5, 0.6) is 0 Å². The van der Waals surface area contributed by atoms with Crippen LogP contribution in [-0.2, 0) is 4.74 Å². The second kappa shape index (κ2) is 10.2. The number of fused-ring (bicyclic) bond motifs is 1. The summed E-state index contributed by atoms with van der Waals surface area (Å²) < 4.78 is 23.3. The van der Waals surface area contributed by atoms with E-state index in [1.807, 2.05) is 13.8 Å². The molecule has 0 aromatic carbocycles. The molecule has 4 rings (SSSR count). The van der Waals surface area contributed by atoms with Crippen LogP contribution < -0.4 is 25.0 Å². The van der Waals surface area contributed by atoms with Crippen molar-refractivity contribution in [3.63, 3.8) is 0 Å². The number of likely N-dealkylation sites (tertiary alicyclic amines) is 1. The molecule has 0 bridgehead atoms. The van der Waals surface area contributed by atoms with Crippen LogP contribution in [0.1, 0.15) is 26.7 Å². The Labute approximate surface area is 200 Å². The number of carbonyl (C=O) groups excluding carboxylic acids is 1. The van der Waals surface area contributed by atoms with E-state index in [1.54, 1.807) is 23.4 Å². The fraction of sp³-hybridized carbons (Fsp3) is 0.429. The van der Waals surface area contributed by atoms with Gasteiger partial charge in [0, 0.05) is 0 Å². The van der Waals surface area contributed by atoms with Crippen molar-refractivity contribution < 1.29 is 35.4 Å². The van der Waals surface area contributed by atoms with Crippen LogP contribution in [0.2, 0.25) is 5.02 Å². The Morgan fingerprint density at radius 3 is 3.09 bits per heavy atom. The first-order chi connectivity index (χ1) is 15.4. The summed E-state index contributed by atoms with van der Waals surface area (Å²) in [6, 6.07) is 1.78. The summed E-state index contributed by atoms with van der Waals surface area (Å²) in [5, 5.41) is 1.27. The van der Waals surface area contributed by atoms with Crippen molar-refractivity contribution in [1.82, 2.24) is 24.8 Å². The summed E-state index contributed by atoms with van der Waals surface area (Å²) in [6.45, 7) is 5.74. The van der Waals surface area contributed by atoms with Crippen LogP contribution >= 0.6 is 11.6 Å². The number of ether oxygens (including phenoxy) is 1. The molecule has 0 unspecified atom stereocenters. The molecule has 1 amide bonds. The number of piperidine rings is 1. The average molecular weight is 574 g/mol. The fourth-order valence-corrected chi connectivity index (χ4v) is 6.06. The summed E-state index contributed by atoms with van der Waals surface area (Å²) >= 11 is 5.42. The number of aromatic amines is 1. The Morgan fingerprint density at radius 1 is 1.44 bits per heavy atom. The third-order valence-corrected chi connectivity index (χ3v) is 7.87. The Morgan fingerprint density at radius 2 is 2.28 bits per heavy atom. The molecular formula is C21H24ClFIN6O2-. The zero-order chi connectivity index (χ0) is 22.7. The fourth-order valence-electron chi connectivity index (χ4n) is 3.36. The first-order valence-corrected chi connectivity index (χ1v) is 13.1. The second-order valence-electron chi connectivity index (χ2n) is 8.00. The van der Waals surface area contributed by atoms with Crippen LogP contribution in [0, 0.1) is 11.7 Å². The molecule has 32 heavy (non-hydrogen) atoms. The number of halogens is 3. The molecule has 1 saturated heterocycles. The van der Waals surface area contributed by atoms with Crippen molar-refractivity contribution >= 4 is 34.5 Å². The van der Waals surface area contributed by atoms with Crippen LogP contribution in [-0.4, -0.2) is 54.6 Å². The first-order valence-electron chi connectivity index (χ1n) is 10.4. The van der Waals surface area contributed by atoms with Gasteiger partial charge in [-0.15, -0.1) is 0 Å². The Balaban J connectivity index is 1.43. The van der Waals surface area contributed by atoms with Crippen LogP contribution in [0.4, 0.5) is 15.0 Å². The molecule has 0 radical (unpaired) electrons. The molecule has 1 aliphatic heterocycles. The van der Waals surface area contributed by atoms with Gasteiger partial charge in [-0.2, -0.15) is 0 Å². The van der Waals surface area contributed by atoms with Crippen molar-refractivity contribution in [2.45, 2.75) is 30.6 Å². The summed E-state index contributed by atoms with van der Waals surface area (Å²) in [7, 11) is 0. The molecule has 0 spiro atoms. The second-order valence-corrected chi connectivity index (χ2v) is 11.4. The van der Waals surface area contributed by atoms with Gasteiger partial charge in [0.05, 0.1) is 0 Å². The van der Waals surface area contributed by atoms with Crippen LogP contribution in [0.25, 0.3) is 22.4 Å². The Kier molecular flexibility index (Phi) is 7.29. The number of nitrogens with zero attached hydrogens (tertiary/aromatic N) is 4. The van der Waals surface area contributed by atoms with Crippen LogP contribution in [0.3, 0.4) is 0 Å². The number of H-pyrrole nitrogens is 1. The van der Waals surface area contributed by atoms with Gasteiger partial charge in [0.15, 0.2) is 0 Å². The number of anilines is 1. The normalized spacial score (nSPS) is 16.7. The van der Waals surface area contributed by atoms with Crippen molar-refractivity contribution in [1.29, 1.82) is 0 Å². The maximum atomic E-state index is 14.4. The zero-order valence-electron chi connectivity index (χ0n) is 17.7.